The maximum atomic E-state index is 12.9. The molecule has 0 radical (unpaired) electrons. The third-order valence-corrected chi connectivity index (χ3v) is 6.05. The standard InChI is InChI=1S/C27H30N4O3/c1-17(2)20-7-9-21(10-8-20)23-16-30-31-18(3)22(15-29-26(23)31)27(32)28-13-12-19-6-11-24(33-4)25(14-19)34-5/h6-11,14-17H,12-13H2,1-5H3,(H,28,32). The monoisotopic (exact) mass is 458 g/mol. The summed E-state index contributed by atoms with van der Waals surface area (Å²) in [5.74, 6) is 1.65. The van der Waals surface area contributed by atoms with E-state index < -0.39 is 0 Å². The number of amides is 1. The van der Waals surface area contributed by atoms with Gasteiger partial charge in [0.2, 0.25) is 0 Å². The van der Waals surface area contributed by atoms with Crippen LogP contribution in [0.3, 0.4) is 0 Å². The van der Waals surface area contributed by atoms with Crippen molar-refractivity contribution in [2.75, 3.05) is 20.8 Å². The van der Waals surface area contributed by atoms with E-state index in [1.165, 1.54) is 5.56 Å². The largest absolute Gasteiger partial charge is 0.493 e. The highest BCUT2D eigenvalue weighted by atomic mass is 16.5. The molecule has 0 aliphatic carbocycles. The molecule has 2 aromatic carbocycles. The summed E-state index contributed by atoms with van der Waals surface area (Å²) in [7, 11) is 3.21. The van der Waals surface area contributed by atoms with Crippen LogP contribution < -0.4 is 14.8 Å². The minimum absolute atomic E-state index is 0.175. The average Bonchev–Trinajstić information content (AvgIpc) is 3.29. The van der Waals surface area contributed by atoms with Gasteiger partial charge in [-0.25, -0.2) is 9.50 Å². The van der Waals surface area contributed by atoms with Crippen molar-refractivity contribution in [1.82, 2.24) is 19.9 Å². The first-order valence-corrected chi connectivity index (χ1v) is 11.4. The average molecular weight is 459 g/mol. The van der Waals surface area contributed by atoms with Gasteiger partial charge in [0, 0.05) is 18.3 Å². The van der Waals surface area contributed by atoms with Crippen LogP contribution >= 0.6 is 0 Å². The lowest BCUT2D eigenvalue weighted by Gasteiger charge is -2.11. The second kappa shape index (κ2) is 9.95. The van der Waals surface area contributed by atoms with E-state index in [1.807, 2.05) is 25.1 Å². The van der Waals surface area contributed by atoms with Crippen molar-refractivity contribution < 1.29 is 14.3 Å². The van der Waals surface area contributed by atoms with E-state index >= 15 is 0 Å². The molecule has 2 heterocycles. The van der Waals surface area contributed by atoms with Crippen molar-refractivity contribution in [3.05, 3.63) is 77.2 Å². The van der Waals surface area contributed by atoms with E-state index in [-0.39, 0.29) is 5.91 Å². The lowest BCUT2D eigenvalue weighted by Crippen LogP contribution is -2.27. The molecule has 0 aliphatic rings. The molecule has 4 rings (SSSR count). The fraction of sp³-hybridized carbons (Fsp3) is 0.296. The van der Waals surface area contributed by atoms with E-state index in [4.69, 9.17) is 9.47 Å². The number of benzene rings is 2. The van der Waals surface area contributed by atoms with Crippen LogP contribution in [0.4, 0.5) is 0 Å². The first kappa shape index (κ1) is 23.3. The van der Waals surface area contributed by atoms with E-state index in [0.29, 0.717) is 35.9 Å². The minimum Gasteiger partial charge on any atom is -0.493 e. The number of nitrogens with zero attached hydrogens (tertiary/aromatic N) is 3. The Balaban J connectivity index is 1.48. The van der Waals surface area contributed by atoms with Crippen LogP contribution in [0.1, 0.15) is 46.9 Å². The van der Waals surface area contributed by atoms with Crippen LogP contribution in [0.2, 0.25) is 0 Å². The number of methoxy groups -OCH3 is 2. The van der Waals surface area contributed by atoms with Crippen LogP contribution in [-0.4, -0.2) is 41.3 Å². The molecule has 7 heteroatoms. The predicted octanol–water partition coefficient (Wildman–Crippen LogP) is 4.82. The summed E-state index contributed by atoms with van der Waals surface area (Å²) in [6, 6.07) is 14.2. The molecule has 2 aromatic heterocycles. The Hall–Kier alpha value is -3.87. The molecule has 0 atom stereocenters. The molecule has 7 nitrogen and oxygen atoms in total. The van der Waals surface area contributed by atoms with Gasteiger partial charge in [-0.2, -0.15) is 5.10 Å². The number of aryl methyl sites for hydroxylation is 1. The van der Waals surface area contributed by atoms with E-state index in [9.17, 15) is 4.79 Å². The molecule has 0 saturated carbocycles. The molecular formula is C27H30N4O3. The third kappa shape index (κ3) is 4.59. The maximum absolute atomic E-state index is 12.9. The lowest BCUT2D eigenvalue weighted by atomic mass is 10.00. The van der Waals surface area contributed by atoms with Crippen LogP contribution in [0.25, 0.3) is 16.8 Å². The number of hydrogen-bond donors (Lipinski definition) is 1. The molecule has 1 N–H and O–H groups in total. The van der Waals surface area contributed by atoms with Gasteiger partial charge in [-0.1, -0.05) is 44.2 Å². The Morgan fingerprint density at radius 2 is 1.76 bits per heavy atom. The molecule has 4 aromatic rings. The van der Waals surface area contributed by atoms with Gasteiger partial charge in [0.15, 0.2) is 17.1 Å². The molecule has 34 heavy (non-hydrogen) atoms. The third-order valence-electron chi connectivity index (χ3n) is 6.05. The molecule has 0 spiro atoms. The van der Waals surface area contributed by atoms with Gasteiger partial charge < -0.3 is 14.8 Å². The number of ether oxygens (including phenoxy) is 2. The van der Waals surface area contributed by atoms with Gasteiger partial charge in [-0.3, -0.25) is 4.79 Å². The number of rotatable bonds is 8. The summed E-state index contributed by atoms with van der Waals surface area (Å²) in [5.41, 5.74) is 6.32. The highest BCUT2D eigenvalue weighted by Crippen LogP contribution is 2.28. The second-order valence-corrected chi connectivity index (χ2v) is 8.52. The van der Waals surface area contributed by atoms with Gasteiger partial charge in [-0.15, -0.1) is 0 Å². The SMILES string of the molecule is COc1ccc(CCNC(=O)c2cnc3c(-c4ccc(C(C)C)cc4)cnn3c2C)cc1OC. The Morgan fingerprint density at radius 1 is 1.03 bits per heavy atom. The van der Waals surface area contributed by atoms with Crippen LogP contribution in [0.15, 0.2) is 54.9 Å². The van der Waals surface area contributed by atoms with Crippen molar-refractivity contribution in [3.63, 3.8) is 0 Å². The van der Waals surface area contributed by atoms with Gasteiger partial charge in [-0.05, 0) is 48.1 Å². The van der Waals surface area contributed by atoms with Crippen molar-refractivity contribution >= 4 is 11.6 Å². The Morgan fingerprint density at radius 3 is 2.44 bits per heavy atom. The molecular weight excluding hydrogens is 428 g/mol. The van der Waals surface area contributed by atoms with Crippen molar-refractivity contribution in [1.29, 1.82) is 0 Å². The smallest absolute Gasteiger partial charge is 0.254 e. The van der Waals surface area contributed by atoms with Crippen molar-refractivity contribution in [2.45, 2.75) is 33.1 Å². The highest BCUT2D eigenvalue weighted by Gasteiger charge is 2.16. The minimum atomic E-state index is -0.175. The molecule has 1 amide bonds. The molecule has 0 aliphatic heterocycles. The summed E-state index contributed by atoms with van der Waals surface area (Å²) in [6.45, 7) is 6.72. The number of hydrogen-bond acceptors (Lipinski definition) is 5. The van der Waals surface area contributed by atoms with Crippen LogP contribution in [0.5, 0.6) is 11.5 Å². The number of fused-ring (bicyclic) bond motifs is 1. The number of aromatic nitrogens is 3. The van der Waals surface area contributed by atoms with Crippen molar-refractivity contribution in [2.24, 2.45) is 0 Å². The van der Waals surface area contributed by atoms with E-state index in [0.717, 1.165) is 28.0 Å². The zero-order chi connectivity index (χ0) is 24.2. The zero-order valence-electron chi connectivity index (χ0n) is 20.3. The van der Waals surface area contributed by atoms with Crippen LogP contribution in [-0.2, 0) is 6.42 Å². The summed E-state index contributed by atoms with van der Waals surface area (Å²) in [6.07, 6.45) is 4.10. The molecule has 176 valence electrons. The van der Waals surface area contributed by atoms with E-state index in [1.54, 1.807) is 31.1 Å². The van der Waals surface area contributed by atoms with Gasteiger partial charge in [0.05, 0.1) is 31.7 Å². The molecule has 0 fully saturated rings. The second-order valence-electron chi connectivity index (χ2n) is 8.52. The lowest BCUT2D eigenvalue weighted by molar-refractivity contribution is 0.0952. The first-order chi connectivity index (χ1) is 16.4. The highest BCUT2D eigenvalue weighted by molar-refractivity contribution is 5.95. The molecule has 0 saturated heterocycles. The molecule has 0 bridgehead atoms. The summed E-state index contributed by atoms with van der Waals surface area (Å²) < 4.78 is 12.4. The number of nitrogens with one attached hydrogen (secondary N) is 1. The fourth-order valence-electron chi connectivity index (χ4n) is 3.97. The Kier molecular flexibility index (Phi) is 6.82. The summed E-state index contributed by atoms with van der Waals surface area (Å²) in [5, 5.41) is 7.49. The Bertz CT molecular complexity index is 1310. The maximum Gasteiger partial charge on any atom is 0.254 e. The topological polar surface area (TPSA) is 77.8 Å². The van der Waals surface area contributed by atoms with Crippen LogP contribution in [0, 0.1) is 6.92 Å². The zero-order valence-corrected chi connectivity index (χ0v) is 20.3. The number of carbonyl (C=O) groups excluding carboxylic acids is 1. The van der Waals surface area contributed by atoms with Gasteiger partial charge in [0.1, 0.15) is 0 Å². The first-order valence-electron chi connectivity index (χ1n) is 11.4. The predicted molar refractivity (Wildman–Crippen MR) is 133 cm³/mol. The van der Waals surface area contributed by atoms with Gasteiger partial charge >= 0.3 is 0 Å². The van der Waals surface area contributed by atoms with E-state index in [2.05, 4.69) is 53.5 Å². The summed E-state index contributed by atoms with van der Waals surface area (Å²) >= 11 is 0. The molecule has 0 unspecified atom stereocenters. The van der Waals surface area contributed by atoms with Crippen molar-refractivity contribution in [3.8, 4) is 22.6 Å². The normalized spacial score (nSPS) is 11.1. The number of carbonyl (C=O) groups is 1. The quantitative estimate of drug-likeness (QED) is 0.410. The summed E-state index contributed by atoms with van der Waals surface area (Å²) in [4.78, 5) is 17.4. The Labute approximate surface area is 199 Å². The fourth-order valence-corrected chi connectivity index (χ4v) is 3.97. The van der Waals surface area contributed by atoms with Gasteiger partial charge in [0.25, 0.3) is 5.91 Å².